The maximum absolute atomic E-state index is 5.53. The summed E-state index contributed by atoms with van der Waals surface area (Å²) in [7, 11) is 5.32. The first kappa shape index (κ1) is 26.0. The molecule has 0 amide bonds. The van der Waals surface area contributed by atoms with Gasteiger partial charge in [-0.2, -0.15) is 0 Å². The third-order valence-electron chi connectivity index (χ3n) is 6.15. The van der Waals surface area contributed by atoms with E-state index in [0.29, 0.717) is 0 Å². The van der Waals surface area contributed by atoms with Crippen molar-refractivity contribution in [3.8, 4) is 11.5 Å². The molecule has 2 saturated heterocycles. The van der Waals surface area contributed by atoms with E-state index in [2.05, 4.69) is 31.1 Å². The molecule has 0 saturated carbocycles. The number of aliphatic imine (C=N–C) groups is 1. The van der Waals surface area contributed by atoms with Crippen LogP contribution in [0.1, 0.15) is 31.2 Å². The Kier molecular flexibility index (Phi) is 11.7. The van der Waals surface area contributed by atoms with Crippen molar-refractivity contribution in [1.82, 2.24) is 20.0 Å². The standard InChI is InChI=1S/C23H39N5O2.HI/c1-24-23(25-10-4-5-11-26-12-6-7-13-26)28-16-14-27(15-17-28)19-20-18-21(29-2)8-9-22(20)30-3;/h8-9,18H,4-7,10-17,19H2,1-3H3,(H,24,25);1H. The summed E-state index contributed by atoms with van der Waals surface area (Å²) in [6, 6.07) is 6.01. The Labute approximate surface area is 205 Å². The predicted molar refractivity (Wildman–Crippen MR) is 138 cm³/mol. The lowest BCUT2D eigenvalue weighted by atomic mass is 10.1. The fourth-order valence-corrected chi connectivity index (χ4v) is 4.36. The van der Waals surface area contributed by atoms with Gasteiger partial charge in [-0.05, 0) is 63.5 Å². The summed E-state index contributed by atoms with van der Waals surface area (Å²) in [5.74, 6) is 2.83. The molecule has 2 heterocycles. The smallest absolute Gasteiger partial charge is 0.193 e. The number of nitrogens with zero attached hydrogens (tertiary/aromatic N) is 4. The molecule has 0 spiro atoms. The number of likely N-dealkylation sites (tertiary alicyclic amines) is 1. The highest BCUT2D eigenvalue weighted by molar-refractivity contribution is 14.0. The van der Waals surface area contributed by atoms with Gasteiger partial charge in [-0.1, -0.05) is 0 Å². The largest absolute Gasteiger partial charge is 0.497 e. The first-order chi connectivity index (χ1) is 14.7. The van der Waals surface area contributed by atoms with Crippen molar-refractivity contribution in [3.63, 3.8) is 0 Å². The van der Waals surface area contributed by atoms with E-state index in [9.17, 15) is 0 Å². The average Bonchev–Trinajstić information content (AvgIpc) is 3.30. The molecule has 8 heteroatoms. The summed E-state index contributed by atoms with van der Waals surface area (Å²) in [5.41, 5.74) is 1.17. The summed E-state index contributed by atoms with van der Waals surface area (Å²) < 4.78 is 10.9. The van der Waals surface area contributed by atoms with Gasteiger partial charge in [-0.15, -0.1) is 24.0 Å². The first-order valence-corrected chi connectivity index (χ1v) is 11.3. The maximum Gasteiger partial charge on any atom is 0.193 e. The van der Waals surface area contributed by atoms with Crippen molar-refractivity contribution in [2.45, 2.75) is 32.2 Å². The molecule has 0 aliphatic carbocycles. The molecule has 0 unspecified atom stereocenters. The van der Waals surface area contributed by atoms with Crippen LogP contribution in [-0.2, 0) is 6.54 Å². The van der Waals surface area contributed by atoms with Gasteiger partial charge in [0.1, 0.15) is 11.5 Å². The van der Waals surface area contributed by atoms with E-state index >= 15 is 0 Å². The van der Waals surface area contributed by atoms with Gasteiger partial charge >= 0.3 is 0 Å². The second kappa shape index (κ2) is 14.0. The fraction of sp³-hybridized carbons (Fsp3) is 0.696. The Bertz CT molecular complexity index is 674. The lowest BCUT2D eigenvalue weighted by Crippen LogP contribution is -2.52. The Morgan fingerprint density at radius 2 is 1.71 bits per heavy atom. The minimum absolute atomic E-state index is 0. The van der Waals surface area contributed by atoms with E-state index in [0.717, 1.165) is 56.7 Å². The van der Waals surface area contributed by atoms with Crippen LogP contribution in [0.15, 0.2) is 23.2 Å². The molecule has 1 N–H and O–H groups in total. The topological polar surface area (TPSA) is 52.6 Å². The van der Waals surface area contributed by atoms with Crippen LogP contribution in [0.3, 0.4) is 0 Å². The number of rotatable bonds is 9. The highest BCUT2D eigenvalue weighted by Crippen LogP contribution is 2.25. The molecule has 2 aliphatic rings. The van der Waals surface area contributed by atoms with Crippen LogP contribution in [0, 0.1) is 0 Å². The summed E-state index contributed by atoms with van der Waals surface area (Å²) in [5, 5.41) is 3.56. The summed E-state index contributed by atoms with van der Waals surface area (Å²) in [6.45, 7) is 9.69. The zero-order valence-corrected chi connectivity index (χ0v) is 21.8. The van der Waals surface area contributed by atoms with Gasteiger partial charge in [0.05, 0.1) is 14.2 Å². The van der Waals surface area contributed by atoms with Gasteiger partial charge in [0, 0.05) is 51.9 Å². The maximum atomic E-state index is 5.53. The molecular weight excluding hydrogens is 505 g/mol. The molecule has 176 valence electrons. The SMILES string of the molecule is CN=C(NCCCCN1CCCC1)N1CCN(Cc2cc(OC)ccc2OC)CC1.I. The molecule has 3 rings (SSSR count). The van der Waals surface area contributed by atoms with E-state index in [4.69, 9.17) is 9.47 Å². The molecule has 0 atom stereocenters. The van der Waals surface area contributed by atoms with Crippen LogP contribution in [0.4, 0.5) is 0 Å². The molecule has 0 radical (unpaired) electrons. The Balaban J connectivity index is 0.00000341. The summed E-state index contributed by atoms with van der Waals surface area (Å²) in [4.78, 5) is 11.9. The molecular formula is C23H40IN5O2. The minimum atomic E-state index is 0. The fourth-order valence-electron chi connectivity index (χ4n) is 4.36. The van der Waals surface area contributed by atoms with E-state index in [1.54, 1.807) is 14.2 Å². The number of methoxy groups -OCH3 is 2. The van der Waals surface area contributed by atoms with E-state index in [1.165, 1.54) is 50.9 Å². The van der Waals surface area contributed by atoms with E-state index in [1.807, 2.05) is 19.2 Å². The van der Waals surface area contributed by atoms with Crippen LogP contribution < -0.4 is 14.8 Å². The average molecular weight is 546 g/mol. The van der Waals surface area contributed by atoms with Crippen molar-refractivity contribution in [1.29, 1.82) is 0 Å². The van der Waals surface area contributed by atoms with E-state index < -0.39 is 0 Å². The number of benzene rings is 1. The molecule has 0 aromatic heterocycles. The normalized spacial score (nSPS) is 18.0. The van der Waals surface area contributed by atoms with Crippen molar-refractivity contribution in [3.05, 3.63) is 23.8 Å². The van der Waals surface area contributed by atoms with Crippen molar-refractivity contribution in [2.24, 2.45) is 4.99 Å². The molecule has 2 fully saturated rings. The van der Waals surface area contributed by atoms with Gasteiger partial charge in [0.15, 0.2) is 5.96 Å². The highest BCUT2D eigenvalue weighted by atomic mass is 127. The van der Waals surface area contributed by atoms with Crippen molar-refractivity contribution < 1.29 is 9.47 Å². The third kappa shape index (κ3) is 7.98. The van der Waals surface area contributed by atoms with E-state index in [-0.39, 0.29) is 24.0 Å². The number of halogens is 1. The van der Waals surface area contributed by atoms with Crippen LogP contribution in [0.25, 0.3) is 0 Å². The highest BCUT2D eigenvalue weighted by Gasteiger charge is 2.20. The molecule has 31 heavy (non-hydrogen) atoms. The summed E-state index contributed by atoms with van der Waals surface area (Å²) >= 11 is 0. The Hall–Kier alpha value is -1.26. The molecule has 2 aliphatic heterocycles. The lowest BCUT2D eigenvalue weighted by Gasteiger charge is -2.36. The number of hydrogen-bond donors (Lipinski definition) is 1. The first-order valence-electron chi connectivity index (χ1n) is 11.3. The predicted octanol–water partition coefficient (Wildman–Crippen LogP) is 2.89. The van der Waals surface area contributed by atoms with Gasteiger partial charge in [0.2, 0.25) is 0 Å². The molecule has 0 bridgehead atoms. The third-order valence-corrected chi connectivity index (χ3v) is 6.15. The van der Waals surface area contributed by atoms with Crippen molar-refractivity contribution in [2.75, 3.05) is 73.6 Å². The summed E-state index contributed by atoms with van der Waals surface area (Å²) in [6.07, 6.45) is 5.22. The second-order valence-corrected chi connectivity index (χ2v) is 8.17. The van der Waals surface area contributed by atoms with Crippen molar-refractivity contribution >= 4 is 29.9 Å². The number of hydrogen-bond acceptors (Lipinski definition) is 5. The monoisotopic (exact) mass is 545 g/mol. The number of nitrogens with one attached hydrogen (secondary N) is 1. The van der Waals surface area contributed by atoms with Crippen LogP contribution in [-0.4, -0.2) is 94.3 Å². The Morgan fingerprint density at radius 1 is 0.968 bits per heavy atom. The lowest BCUT2D eigenvalue weighted by molar-refractivity contribution is 0.171. The van der Waals surface area contributed by atoms with Gasteiger partial charge in [0.25, 0.3) is 0 Å². The zero-order valence-electron chi connectivity index (χ0n) is 19.4. The van der Waals surface area contributed by atoms with Crippen LogP contribution >= 0.6 is 24.0 Å². The second-order valence-electron chi connectivity index (χ2n) is 8.17. The van der Waals surface area contributed by atoms with Gasteiger partial charge in [-0.25, -0.2) is 0 Å². The van der Waals surface area contributed by atoms with Crippen LogP contribution in [0.2, 0.25) is 0 Å². The molecule has 1 aromatic carbocycles. The minimum Gasteiger partial charge on any atom is -0.497 e. The number of piperazine rings is 1. The number of ether oxygens (including phenoxy) is 2. The number of guanidine groups is 1. The van der Waals surface area contributed by atoms with Gasteiger partial charge < -0.3 is 24.6 Å². The molecule has 1 aromatic rings. The quantitative estimate of drug-likeness (QED) is 0.223. The Morgan fingerprint density at radius 3 is 2.35 bits per heavy atom. The van der Waals surface area contributed by atoms with Gasteiger partial charge in [-0.3, -0.25) is 9.89 Å². The van der Waals surface area contributed by atoms with Crippen LogP contribution in [0.5, 0.6) is 11.5 Å². The molecule has 7 nitrogen and oxygen atoms in total. The zero-order chi connectivity index (χ0) is 21.2. The number of unbranched alkanes of at least 4 members (excludes halogenated alkanes) is 1.